The summed E-state index contributed by atoms with van der Waals surface area (Å²) in [5.41, 5.74) is 9.41. The van der Waals surface area contributed by atoms with E-state index in [0.29, 0.717) is 13.2 Å². The first-order valence-corrected chi connectivity index (χ1v) is 17.8. The molecule has 0 spiro atoms. The molecule has 0 aliphatic rings. The van der Waals surface area contributed by atoms with Crippen LogP contribution in [0.4, 0.5) is 11.4 Å². The summed E-state index contributed by atoms with van der Waals surface area (Å²) >= 11 is 0. The molecule has 0 aliphatic heterocycles. The Labute approximate surface area is 292 Å². The van der Waals surface area contributed by atoms with Gasteiger partial charge in [0.25, 0.3) is 0 Å². The molecule has 0 radical (unpaired) electrons. The lowest BCUT2D eigenvalue weighted by molar-refractivity contribution is 0.361. The third-order valence-corrected chi connectivity index (χ3v) is 8.24. The first-order valence-electron chi connectivity index (χ1n) is 17.8. The van der Waals surface area contributed by atoms with Crippen molar-refractivity contribution in [3.8, 4) is 11.5 Å². The van der Waals surface area contributed by atoms with Gasteiger partial charge in [0.05, 0.1) is 12.4 Å². The van der Waals surface area contributed by atoms with Crippen molar-refractivity contribution < 1.29 is 9.47 Å². The fraction of sp³-hybridized carbons (Fsp3) is 0.476. The van der Waals surface area contributed by atoms with E-state index < -0.39 is 0 Å². The first kappa shape index (κ1) is 40.1. The van der Waals surface area contributed by atoms with Gasteiger partial charge in [-0.25, -0.2) is 0 Å². The van der Waals surface area contributed by atoms with Crippen LogP contribution in [0.3, 0.4) is 0 Å². The average molecular weight is 655 g/mol. The summed E-state index contributed by atoms with van der Waals surface area (Å²) in [6.45, 7) is 26.3. The topological polar surface area (TPSA) is 49.7 Å². The number of nitrogens with zero attached hydrogens (tertiary/aromatic N) is 4. The number of benzene rings is 2. The van der Waals surface area contributed by atoms with E-state index in [1.165, 1.54) is 22.3 Å². The molecule has 6 heteroatoms. The van der Waals surface area contributed by atoms with Crippen LogP contribution in [-0.2, 0) is 0 Å². The second kappa shape index (κ2) is 22.5. The maximum Gasteiger partial charge on any atom is 0.130 e. The van der Waals surface area contributed by atoms with Gasteiger partial charge < -0.3 is 19.3 Å². The summed E-state index contributed by atoms with van der Waals surface area (Å²) in [5.74, 6) is 1.59. The van der Waals surface area contributed by atoms with Crippen LogP contribution in [0.15, 0.2) is 93.2 Å². The van der Waals surface area contributed by atoms with Crippen molar-refractivity contribution in [3.05, 3.63) is 94.1 Å². The average Bonchev–Trinajstić information content (AvgIpc) is 3.05. The van der Waals surface area contributed by atoms with Gasteiger partial charge in [-0.15, -0.1) is 0 Å². The van der Waals surface area contributed by atoms with E-state index in [-0.39, 0.29) is 0 Å². The quantitative estimate of drug-likeness (QED) is 0.0763. The van der Waals surface area contributed by atoms with E-state index in [1.807, 2.05) is 0 Å². The highest BCUT2D eigenvalue weighted by atomic mass is 16.5. The number of allylic oxidation sites excluding steroid dienone is 6. The van der Waals surface area contributed by atoms with Crippen LogP contribution in [0.25, 0.3) is 0 Å². The fourth-order valence-corrected chi connectivity index (χ4v) is 5.20. The van der Waals surface area contributed by atoms with Gasteiger partial charge in [-0.1, -0.05) is 34.4 Å². The molecule has 0 unspecified atom stereocenters. The normalized spacial score (nSPS) is 12.0. The summed E-state index contributed by atoms with van der Waals surface area (Å²) in [6.07, 6.45) is 16.6. The smallest absolute Gasteiger partial charge is 0.130 e. The second-order valence-corrected chi connectivity index (χ2v) is 12.6. The Bertz CT molecular complexity index is 1320. The van der Waals surface area contributed by atoms with Gasteiger partial charge in [-0.3, -0.25) is 0 Å². The van der Waals surface area contributed by atoms with E-state index in [4.69, 9.17) is 9.47 Å². The van der Waals surface area contributed by atoms with Crippen LogP contribution >= 0.6 is 0 Å². The lowest BCUT2D eigenvalue weighted by Crippen LogP contribution is -2.21. The molecule has 0 saturated carbocycles. The molecule has 0 fully saturated rings. The van der Waals surface area contributed by atoms with E-state index in [2.05, 4.69) is 150 Å². The highest BCUT2D eigenvalue weighted by molar-refractivity contribution is 5.87. The summed E-state index contributed by atoms with van der Waals surface area (Å²) in [4.78, 5) is 4.63. The number of hydrogen-bond acceptors (Lipinski definition) is 6. The van der Waals surface area contributed by atoms with Crippen molar-refractivity contribution in [2.75, 3.05) is 49.2 Å². The number of hydrogen-bond donors (Lipinski definition) is 0. The molecule has 6 nitrogen and oxygen atoms in total. The predicted octanol–water partition coefficient (Wildman–Crippen LogP) is 11.0. The monoisotopic (exact) mass is 654 g/mol. The molecule has 48 heavy (non-hydrogen) atoms. The maximum atomic E-state index is 6.31. The molecule has 2 aromatic rings. The van der Waals surface area contributed by atoms with Gasteiger partial charge >= 0.3 is 0 Å². The molecule has 0 bridgehead atoms. The summed E-state index contributed by atoms with van der Waals surface area (Å²) in [5, 5.41) is 8.89. The van der Waals surface area contributed by atoms with Gasteiger partial charge in [0.2, 0.25) is 0 Å². The number of ether oxygens (including phenoxy) is 2. The minimum Gasteiger partial charge on any atom is -0.489 e. The molecule has 0 saturated heterocycles. The molecular weight excluding hydrogens is 592 g/mol. The van der Waals surface area contributed by atoms with Crippen LogP contribution in [0.2, 0.25) is 0 Å². The Morgan fingerprint density at radius 3 is 1.27 bits per heavy atom. The first-order chi connectivity index (χ1) is 23.1. The van der Waals surface area contributed by atoms with Crippen molar-refractivity contribution in [1.82, 2.24) is 0 Å². The second-order valence-electron chi connectivity index (χ2n) is 12.6. The van der Waals surface area contributed by atoms with Crippen LogP contribution < -0.4 is 19.3 Å². The Hall–Kier alpha value is -4.06. The van der Waals surface area contributed by atoms with Crippen LogP contribution in [0.5, 0.6) is 11.5 Å². The molecule has 0 atom stereocenters. The van der Waals surface area contributed by atoms with Gasteiger partial charge in [0, 0.05) is 60.8 Å². The zero-order valence-electron chi connectivity index (χ0n) is 31.6. The predicted molar refractivity (Wildman–Crippen MR) is 211 cm³/mol. The van der Waals surface area contributed by atoms with Crippen molar-refractivity contribution >= 4 is 23.8 Å². The van der Waals surface area contributed by atoms with Crippen LogP contribution in [-0.4, -0.2) is 51.8 Å². The van der Waals surface area contributed by atoms with Gasteiger partial charge in [0.15, 0.2) is 0 Å². The Morgan fingerprint density at radius 2 is 0.938 bits per heavy atom. The highest BCUT2D eigenvalue weighted by Gasteiger charge is 2.10. The molecule has 0 aliphatic carbocycles. The number of rotatable bonds is 21. The van der Waals surface area contributed by atoms with Gasteiger partial charge in [-0.05, 0) is 131 Å². The largest absolute Gasteiger partial charge is 0.489 e. The third kappa shape index (κ3) is 14.8. The molecule has 0 amide bonds. The Balaban J connectivity index is 2.28. The van der Waals surface area contributed by atoms with Crippen LogP contribution in [0.1, 0.15) is 106 Å². The number of anilines is 2. The standard InChI is InChI=1S/C42H62N4O2/c1-11-45(12-2)39-23-21-37(41(29-39)47-27-25-35(9)19-15-17-33(5)6)31-43-44-32-38-22-24-40(46(13-3)14-4)30-42(38)48-28-26-36(10)20-16-18-34(7)8/h17-18,21-26,29-32H,11-16,19-20,27-28H2,1-10H3/b35-25+,36-26+,43-31?,44-32?. The van der Waals surface area contributed by atoms with Gasteiger partial charge in [-0.2, -0.15) is 10.2 Å². The summed E-state index contributed by atoms with van der Waals surface area (Å²) < 4.78 is 12.6. The summed E-state index contributed by atoms with van der Waals surface area (Å²) in [6, 6.07) is 12.6. The molecule has 2 aromatic carbocycles. The van der Waals surface area contributed by atoms with E-state index in [1.54, 1.807) is 12.4 Å². The third-order valence-electron chi connectivity index (χ3n) is 8.24. The fourth-order valence-electron chi connectivity index (χ4n) is 5.20. The lowest BCUT2D eigenvalue weighted by atomic mass is 10.1. The Morgan fingerprint density at radius 1 is 0.562 bits per heavy atom. The molecule has 0 N–H and O–H groups in total. The zero-order chi connectivity index (χ0) is 35.3. The highest BCUT2D eigenvalue weighted by Crippen LogP contribution is 2.27. The van der Waals surface area contributed by atoms with Crippen molar-refractivity contribution in [3.63, 3.8) is 0 Å². The zero-order valence-corrected chi connectivity index (χ0v) is 31.6. The SMILES string of the molecule is CCN(CC)c1ccc(C=NN=Cc2ccc(N(CC)CC)cc2OC/C=C(\C)CCC=C(C)C)c(OC/C=C(\C)CCC=C(C)C)c1. The van der Waals surface area contributed by atoms with Gasteiger partial charge in [0.1, 0.15) is 24.7 Å². The van der Waals surface area contributed by atoms with Crippen molar-refractivity contribution in [2.24, 2.45) is 10.2 Å². The maximum absolute atomic E-state index is 6.31. The van der Waals surface area contributed by atoms with E-state index in [9.17, 15) is 0 Å². The van der Waals surface area contributed by atoms with E-state index in [0.717, 1.165) is 85.9 Å². The van der Waals surface area contributed by atoms with Crippen LogP contribution in [0, 0.1) is 0 Å². The lowest BCUT2D eigenvalue weighted by Gasteiger charge is -2.22. The Kier molecular flexibility index (Phi) is 18.8. The van der Waals surface area contributed by atoms with Crippen molar-refractivity contribution in [1.29, 1.82) is 0 Å². The summed E-state index contributed by atoms with van der Waals surface area (Å²) in [7, 11) is 0. The van der Waals surface area contributed by atoms with Crippen molar-refractivity contribution in [2.45, 2.75) is 94.9 Å². The molecule has 2 rings (SSSR count). The molecular formula is C42H62N4O2. The minimum absolute atomic E-state index is 0.509. The molecule has 262 valence electrons. The minimum atomic E-state index is 0.509. The molecule has 0 heterocycles. The van der Waals surface area contributed by atoms with E-state index >= 15 is 0 Å². The molecule has 0 aromatic heterocycles.